The van der Waals surface area contributed by atoms with Crippen molar-refractivity contribution in [1.29, 1.82) is 0 Å². The van der Waals surface area contributed by atoms with E-state index in [4.69, 9.17) is 4.74 Å². The van der Waals surface area contributed by atoms with E-state index in [1.54, 1.807) is 0 Å². The average molecular weight is 354 g/mol. The summed E-state index contributed by atoms with van der Waals surface area (Å²) in [5.74, 6) is -0.289. The Kier molecular flexibility index (Phi) is 4.41. The van der Waals surface area contributed by atoms with Crippen molar-refractivity contribution in [3.63, 3.8) is 0 Å². The van der Waals surface area contributed by atoms with Crippen molar-refractivity contribution < 1.29 is 9.53 Å². The average Bonchev–Trinajstić information content (AvgIpc) is 2.74. The third-order valence-electron chi connectivity index (χ3n) is 5.56. The van der Waals surface area contributed by atoms with Crippen molar-refractivity contribution in [2.75, 3.05) is 7.11 Å². The van der Waals surface area contributed by atoms with Gasteiger partial charge in [0.2, 0.25) is 0 Å². The largest absolute Gasteiger partial charge is 0.465 e. The van der Waals surface area contributed by atoms with Gasteiger partial charge >= 0.3 is 5.97 Å². The first kappa shape index (κ1) is 17.3. The fraction of sp³-hybridized carbons (Fsp3) is 0.160. The lowest BCUT2D eigenvalue weighted by Gasteiger charge is -2.36. The molecular weight excluding hydrogens is 332 g/mol. The quantitative estimate of drug-likeness (QED) is 0.594. The number of ether oxygens (including phenoxy) is 1. The number of methoxy groups -OCH3 is 1. The summed E-state index contributed by atoms with van der Waals surface area (Å²) < 4.78 is 4.99. The van der Waals surface area contributed by atoms with Gasteiger partial charge in [-0.15, -0.1) is 0 Å². The second-order valence-electron chi connectivity index (χ2n) is 7.03. The predicted octanol–water partition coefficient (Wildman–Crippen LogP) is 5.34. The van der Waals surface area contributed by atoms with Gasteiger partial charge in [-0.3, -0.25) is 0 Å². The van der Waals surface area contributed by atoms with Crippen molar-refractivity contribution in [3.8, 4) is 0 Å². The van der Waals surface area contributed by atoms with Gasteiger partial charge in [-0.05, 0) is 47.2 Å². The third kappa shape index (κ3) is 2.87. The molecule has 0 N–H and O–H groups in total. The van der Waals surface area contributed by atoms with Crippen molar-refractivity contribution in [2.45, 2.75) is 18.8 Å². The number of esters is 1. The lowest BCUT2D eigenvalue weighted by atomic mass is 9.66. The molecule has 3 aromatic carbocycles. The number of carbonyl (C=O) groups excluding carboxylic acids is 1. The normalized spacial score (nSPS) is 14.4. The highest BCUT2D eigenvalue weighted by atomic mass is 16.5. The van der Waals surface area contributed by atoms with Crippen molar-refractivity contribution in [3.05, 3.63) is 112 Å². The molecule has 3 aromatic rings. The maximum Gasteiger partial charge on any atom is 0.338 e. The summed E-state index contributed by atoms with van der Waals surface area (Å²) in [5.41, 5.74) is 6.25. The van der Waals surface area contributed by atoms with E-state index in [-0.39, 0.29) is 11.4 Å². The van der Waals surface area contributed by atoms with Gasteiger partial charge in [-0.1, -0.05) is 78.9 Å². The van der Waals surface area contributed by atoms with E-state index in [0.29, 0.717) is 5.56 Å². The molecule has 0 bridgehead atoms. The van der Waals surface area contributed by atoms with Gasteiger partial charge in [0.25, 0.3) is 0 Å². The fourth-order valence-corrected chi connectivity index (χ4v) is 4.08. The summed E-state index contributed by atoms with van der Waals surface area (Å²) in [7, 11) is 1.43. The Bertz CT molecular complexity index is 962. The van der Waals surface area contributed by atoms with E-state index in [1.807, 2.05) is 24.3 Å². The number of fused-ring (bicyclic) bond motifs is 1. The molecule has 1 aliphatic carbocycles. The lowest BCUT2D eigenvalue weighted by molar-refractivity contribution is 0.0600. The topological polar surface area (TPSA) is 26.3 Å². The summed E-state index contributed by atoms with van der Waals surface area (Å²) in [4.78, 5) is 12.2. The molecule has 2 nitrogen and oxygen atoms in total. The van der Waals surface area contributed by atoms with Crippen molar-refractivity contribution >= 4 is 12.0 Å². The van der Waals surface area contributed by atoms with Crippen LogP contribution in [-0.2, 0) is 16.6 Å². The van der Waals surface area contributed by atoms with Gasteiger partial charge in [-0.25, -0.2) is 4.79 Å². The summed E-state index contributed by atoms with van der Waals surface area (Å²) in [6.07, 6.45) is 5.15. The molecule has 0 aliphatic heterocycles. The number of benzene rings is 3. The smallest absolute Gasteiger partial charge is 0.338 e. The molecule has 0 radical (unpaired) electrons. The Morgan fingerprint density at radius 1 is 0.889 bits per heavy atom. The second kappa shape index (κ2) is 6.88. The van der Waals surface area contributed by atoms with Gasteiger partial charge in [0, 0.05) is 5.41 Å². The van der Waals surface area contributed by atoms with Crippen LogP contribution in [0, 0.1) is 6.92 Å². The first-order chi connectivity index (χ1) is 13.2. The van der Waals surface area contributed by atoms with Gasteiger partial charge in [0.1, 0.15) is 0 Å². The maximum absolute atomic E-state index is 12.2. The Morgan fingerprint density at radius 3 is 2.04 bits per heavy atom. The molecule has 0 saturated carbocycles. The monoisotopic (exact) mass is 354 g/mol. The van der Waals surface area contributed by atoms with Crippen LogP contribution in [0.4, 0.5) is 0 Å². The zero-order valence-corrected chi connectivity index (χ0v) is 15.6. The van der Waals surface area contributed by atoms with Crippen molar-refractivity contribution in [1.82, 2.24) is 0 Å². The first-order valence-corrected chi connectivity index (χ1v) is 9.17. The zero-order valence-electron chi connectivity index (χ0n) is 15.6. The number of allylic oxidation sites excluding steroid dienone is 1. The molecule has 0 fully saturated rings. The summed E-state index contributed by atoms with van der Waals surface area (Å²) >= 11 is 0. The van der Waals surface area contributed by atoms with E-state index >= 15 is 0 Å². The van der Waals surface area contributed by atoms with Gasteiger partial charge in [0.15, 0.2) is 0 Å². The fourth-order valence-electron chi connectivity index (χ4n) is 4.08. The highest BCUT2D eigenvalue weighted by molar-refractivity contribution is 5.95. The van der Waals surface area contributed by atoms with E-state index in [1.165, 1.54) is 29.4 Å². The molecule has 0 heterocycles. The van der Waals surface area contributed by atoms with Crippen LogP contribution in [0.1, 0.15) is 38.2 Å². The highest BCUT2D eigenvalue weighted by Gasteiger charge is 2.36. The Morgan fingerprint density at radius 2 is 1.48 bits per heavy atom. The molecule has 27 heavy (non-hydrogen) atoms. The molecule has 0 aromatic heterocycles. The van der Waals surface area contributed by atoms with E-state index in [0.717, 1.165) is 12.0 Å². The highest BCUT2D eigenvalue weighted by Crippen LogP contribution is 2.43. The number of rotatable bonds is 3. The van der Waals surface area contributed by atoms with Crippen LogP contribution in [0.2, 0.25) is 0 Å². The zero-order chi connectivity index (χ0) is 18.9. The van der Waals surface area contributed by atoms with Crippen LogP contribution in [-0.4, -0.2) is 13.1 Å². The van der Waals surface area contributed by atoms with E-state index in [2.05, 4.69) is 67.6 Å². The molecule has 4 rings (SSSR count). The molecule has 1 aliphatic rings. The number of hydrogen-bond acceptors (Lipinski definition) is 2. The SMILES string of the molecule is COC(=O)c1ccc(C)c2c1C=CC(c1ccccc1)(c1ccccc1)C2. The Hall–Kier alpha value is -3.13. The Balaban J connectivity index is 1.94. The van der Waals surface area contributed by atoms with Crippen LogP contribution in [0.25, 0.3) is 6.08 Å². The minimum Gasteiger partial charge on any atom is -0.465 e. The standard InChI is InChI=1S/C25H22O2/c1-18-13-14-22(24(26)27-2)21-15-16-25(17-23(18)21,19-9-5-3-6-10-19)20-11-7-4-8-12-20/h3-16H,17H2,1-2H3. The molecule has 0 saturated heterocycles. The van der Waals surface area contributed by atoms with Crippen LogP contribution in [0.15, 0.2) is 78.9 Å². The molecule has 134 valence electrons. The van der Waals surface area contributed by atoms with Crippen molar-refractivity contribution in [2.24, 2.45) is 0 Å². The summed E-state index contributed by atoms with van der Waals surface area (Å²) in [6, 6.07) is 25.0. The predicted molar refractivity (Wildman–Crippen MR) is 109 cm³/mol. The molecular formula is C25H22O2. The summed E-state index contributed by atoms with van der Waals surface area (Å²) in [6.45, 7) is 2.11. The van der Waals surface area contributed by atoms with Crippen LogP contribution in [0.5, 0.6) is 0 Å². The minimum absolute atomic E-state index is 0.255. The van der Waals surface area contributed by atoms with Crippen LogP contribution < -0.4 is 0 Å². The number of carbonyl (C=O) groups is 1. The van der Waals surface area contributed by atoms with Gasteiger partial charge in [0.05, 0.1) is 12.7 Å². The van der Waals surface area contributed by atoms with Gasteiger partial charge < -0.3 is 4.74 Å². The van der Waals surface area contributed by atoms with Gasteiger partial charge in [-0.2, -0.15) is 0 Å². The lowest BCUT2D eigenvalue weighted by Crippen LogP contribution is -2.31. The van der Waals surface area contributed by atoms with E-state index in [9.17, 15) is 4.79 Å². The molecule has 0 atom stereocenters. The molecule has 0 amide bonds. The number of aryl methyl sites for hydroxylation is 1. The first-order valence-electron chi connectivity index (χ1n) is 9.17. The second-order valence-corrected chi connectivity index (χ2v) is 7.03. The van der Waals surface area contributed by atoms with Crippen LogP contribution >= 0.6 is 0 Å². The Labute approximate surface area is 160 Å². The van der Waals surface area contributed by atoms with E-state index < -0.39 is 0 Å². The third-order valence-corrected chi connectivity index (χ3v) is 5.56. The summed E-state index contributed by atoms with van der Waals surface area (Å²) in [5, 5.41) is 0. The molecule has 0 spiro atoms. The maximum atomic E-state index is 12.2. The minimum atomic E-state index is -0.289. The molecule has 0 unspecified atom stereocenters. The number of hydrogen-bond donors (Lipinski definition) is 0. The van der Waals surface area contributed by atoms with Crippen LogP contribution in [0.3, 0.4) is 0 Å². The molecule has 2 heteroatoms.